The lowest BCUT2D eigenvalue weighted by atomic mass is 9.42. The van der Waals surface area contributed by atoms with Gasteiger partial charge in [-0.2, -0.15) is 0 Å². The van der Waals surface area contributed by atoms with Crippen LogP contribution in [0.2, 0.25) is 0 Å². The Morgan fingerprint density at radius 2 is 1.68 bits per heavy atom. The quantitative estimate of drug-likeness (QED) is 0.448. The molecule has 4 N–H and O–H groups in total. The van der Waals surface area contributed by atoms with Crippen LogP contribution in [-0.4, -0.2) is 87.9 Å². The Labute approximate surface area is 222 Å². The zero-order valence-corrected chi connectivity index (χ0v) is 22.8. The molecule has 1 aromatic rings. The Morgan fingerprint density at radius 3 is 2.21 bits per heavy atom. The van der Waals surface area contributed by atoms with Crippen molar-refractivity contribution in [3.63, 3.8) is 0 Å². The molecule has 0 heterocycles. The summed E-state index contributed by atoms with van der Waals surface area (Å²) in [4.78, 5) is 71.1. The van der Waals surface area contributed by atoms with Gasteiger partial charge in [0.05, 0.1) is 17.5 Å². The lowest BCUT2D eigenvalue weighted by Gasteiger charge is -2.61. The van der Waals surface area contributed by atoms with Crippen LogP contribution in [0.15, 0.2) is 12.1 Å². The highest BCUT2D eigenvalue weighted by Gasteiger charge is 2.76. The van der Waals surface area contributed by atoms with Crippen molar-refractivity contribution in [2.45, 2.75) is 58.7 Å². The minimum Gasteiger partial charge on any atom is -0.507 e. The molecular formula is C28H37N3O7. The van der Waals surface area contributed by atoms with E-state index >= 15 is 0 Å². The van der Waals surface area contributed by atoms with E-state index in [9.17, 15) is 34.2 Å². The number of primary amides is 1. The Balaban J connectivity index is 1.94. The normalized spacial score (nSPS) is 34.8. The zero-order chi connectivity index (χ0) is 28.5. The van der Waals surface area contributed by atoms with Gasteiger partial charge in [-0.3, -0.25) is 33.8 Å². The van der Waals surface area contributed by atoms with Crippen molar-refractivity contribution in [2.24, 2.45) is 28.4 Å². The summed E-state index contributed by atoms with van der Waals surface area (Å²) in [5, 5.41) is 22.7. The predicted molar refractivity (Wildman–Crippen MR) is 137 cm³/mol. The van der Waals surface area contributed by atoms with Crippen LogP contribution in [0.1, 0.15) is 55.6 Å². The largest absolute Gasteiger partial charge is 0.507 e. The molecule has 2 saturated carbocycles. The minimum atomic E-state index is -2.79. The van der Waals surface area contributed by atoms with Gasteiger partial charge in [-0.1, -0.05) is 33.8 Å². The second kappa shape index (κ2) is 9.07. The average molecular weight is 528 g/mol. The van der Waals surface area contributed by atoms with Crippen LogP contribution in [0.4, 0.5) is 0 Å². The van der Waals surface area contributed by atoms with E-state index in [0.717, 1.165) is 18.7 Å². The lowest BCUT2D eigenvalue weighted by molar-refractivity contribution is -0.203. The van der Waals surface area contributed by atoms with Gasteiger partial charge in [0.25, 0.3) is 0 Å². The van der Waals surface area contributed by atoms with Crippen molar-refractivity contribution >= 4 is 29.0 Å². The number of benzene rings is 1. The Kier molecular flexibility index (Phi) is 6.70. The summed E-state index contributed by atoms with van der Waals surface area (Å²) in [6.07, 6.45) is 0.202. The number of likely N-dealkylation sites (N-methyl/N-ethyl adjacent to an activating group) is 1. The van der Waals surface area contributed by atoms with Gasteiger partial charge in [-0.25, -0.2) is 0 Å². The van der Waals surface area contributed by atoms with Crippen LogP contribution >= 0.6 is 0 Å². The topological polar surface area (TPSA) is 158 Å². The maximum atomic E-state index is 14.2. The molecule has 1 amide bonds. The second-order valence-corrected chi connectivity index (χ2v) is 11.8. The molecule has 10 heteroatoms. The molecule has 0 aliphatic heterocycles. The molecule has 4 rings (SSSR count). The molecule has 0 aromatic heterocycles. The number of hydrogen-bond donors (Lipinski definition) is 3. The number of hydrogen-bond acceptors (Lipinski definition) is 9. The fourth-order valence-corrected chi connectivity index (χ4v) is 7.62. The summed E-state index contributed by atoms with van der Waals surface area (Å²) in [5.41, 5.74) is 1.41. The smallest absolute Gasteiger partial charge is 0.235 e. The van der Waals surface area contributed by atoms with Crippen molar-refractivity contribution in [1.82, 2.24) is 9.80 Å². The molecule has 38 heavy (non-hydrogen) atoms. The van der Waals surface area contributed by atoms with E-state index in [1.165, 1.54) is 17.9 Å². The first kappa shape index (κ1) is 28.1. The van der Waals surface area contributed by atoms with Gasteiger partial charge in [0.1, 0.15) is 5.75 Å². The van der Waals surface area contributed by atoms with E-state index in [1.807, 2.05) is 13.8 Å². The van der Waals surface area contributed by atoms with E-state index in [-0.39, 0.29) is 24.2 Å². The number of carbonyl (C=O) groups is 5. The molecule has 6 atom stereocenters. The van der Waals surface area contributed by atoms with Crippen LogP contribution in [0.25, 0.3) is 0 Å². The summed E-state index contributed by atoms with van der Waals surface area (Å²) in [6, 6.07) is 2.03. The Morgan fingerprint density at radius 1 is 1.08 bits per heavy atom. The van der Waals surface area contributed by atoms with Crippen LogP contribution in [0.3, 0.4) is 0 Å². The van der Waals surface area contributed by atoms with Crippen LogP contribution in [-0.2, 0) is 32.1 Å². The fraction of sp³-hybridized carbons (Fsp3) is 0.607. The number of phenolic OH excluding ortho intramolecular Hbond substituents is 1. The monoisotopic (exact) mass is 527 g/mol. The third-order valence-corrected chi connectivity index (χ3v) is 9.26. The van der Waals surface area contributed by atoms with Gasteiger partial charge >= 0.3 is 0 Å². The van der Waals surface area contributed by atoms with Gasteiger partial charge in [-0.05, 0) is 62.6 Å². The minimum absolute atomic E-state index is 0.0210. The molecule has 3 aliphatic carbocycles. The SMILES string of the molecule is CCN(CC)Cc1ccc(O)c2c1C[C@@]1(C)C[C@@]3(C)[C@H](N(C)C)C(=O)C(C(N)=O)C(=O)[C@@]3(O)C(=O)C1C2=O. The van der Waals surface area contributed by atoms with E-state index < -0.39 is 63.3 Å². The molecule has 206 valence electrons. The molecule has 1 aromatic carbocycles. The molecule has 2 fully saturated rings. The number of aliphatic hydroxyl groups is 1. The summed E-state index contributed by atoms with van der Waals surface area (Å²) in [6.45, 7) is 9.41. The number of ketones is 4. The number of carbonyl (C=O) groups excluding carboxylic acids is 5. The van der Waals surface area contributed by atoms with E-state index in [4.69, 9.17) is 5.73 Å². The average Bonchev–Trinajstić information content (AvgIpc) is 2.80. The lowest BCUT2D eigenvalue weighted by Crippen LogP contribution is -2.79. The molecular weight excluding hydrogens is 490 g/mol. The van der Waals surface area contributed by atoms with Gasteiger partial charge in [0.2, 0.25) is 5.91 Å². The zero-order valence-electron chi connectivity index (χ0n) is 22.8. The molecule has 0 radical (unpaired) electrons. The first-order valence-corrected chi connectivity index (χ1v) is 13.0. The van der Waals surface area contributed by atoms with Crippen molar-refractivity contribution < 1.29 is 34.2 Å². The van der Waals surface area contributed by atoms with Crippen molar-refractivity contribution in [3.8, 4) is 5.75 Å². The van der Waals surface area contributed by atoms with Crippen LogP contribution < -0.4 is 5.73 Å². The van der Waals surface area contributed by atoms with Crippen molar-refractivity contribution in [1.29, 1.82) is 0 Å². The summed E-state index contributed by atoms with van der Waals surface area (Å²) < 4.78 is 0. The van der Waals surface area contributed by atoms with E-state index in [1.54, 1.807) is 27.1 Å². The fourth-order valence-electron chi connectivity index (χ4n) is 7.62. The molecule has 0 saturated heterocycles. The second-order valence-electron chi connectivity index (χ2n) is 11.8. The van der Waals surface area contributed by atoms with E-state index in [2.05, 4.69) is 4.90 Å². The highest BCUT2D eigenvalue weighted by atomic mass is 16.3. The number of Topliss-reactive ketones (excluding diaryl/α,β-unsaturated/α-hetero) is 4. The standard InChI is InChI=1S/C28H37N3O7/c1-7-31(8-2)12-14-9-10-16(32)17-15(14)11-26(3)13-27(4)22(30(5)6)21(34)18(25(29)37)23(35)28(27,38)24(36)19(26)20(17)33/h9-10,18-19,22,32,38H,7-8,11-13H2,1-6H3,(H2,29,37)/t18?,19?,22-,26+,27+,28-/m1/s1. The third-order valence-electron chi connectivity index (χ3n) is 9.26. The van der Waals surface area contributed by atoms with Crippen molar-refractivity contribution in [3.05, 3.63) is 28.8 Å². The summed E-state index contributed by atoms with van der Waals surface area (Å²) >= 11 is 0. The molecule has 3 aliphatic rings. The number of phenols is 1. The Bertz CT molecular complexity index is 1260. The molecule has 10 nitrogen and oxygen atoms in total. The van der Waals surface area contributed by atoms with Crippen LogP contribution in [0, 0.1) is 22.7 Å². The Hall–Kier alpha value is -2.95. The van der Waals surface area contributed by atoms with Gasteiger partial charge in [-0.15, -0.1) is 0 Å². The molecule has 0 bridgehead atoms. The summed E-state index contributed by atoms with van der Waals surface area (Å²) in [7, 11) is 3.14. The first-order valence-electron chi connectivity index (χ1n) is 13.0. The van der Waals surface area contributed by atoms with Gasteiger partial charge in [0, 0.05) is 12.0 Å². The number of nitrogens with two attached hydrogens (primary N) is 1. The highest BCUT2D eigenvalue weighted by molar-refractivity contribution is 6.33. The predicted octanol–water partition coefficient (Wildman–Crippen LogP) is 0.489. The molecule has 0 spiro atoms. The van der Waals surface area contributed by atoms with Crippen LogP contribution in [0.5, 0.6) is 5.75 Å². The number of aromatic hydroxyl groups is 1. The molecule has 2 unspecified atom stereocenters. The third kappa shape index (κ3) is 3.53. The number of rotatable bonds is 6. The first-order chi connectivity index (χ1) is 17.6. The highest BCUT2D eigenvalue weighted by Crippen LogP contribution is 2.61. The maximum absolute atomic E-state index is 14.2. The summed E-state index contributed by atoms with van der Waals surface area (Å²) in [5.74, 6) is -8.73. The van der Waals surface area contributed by atoms with Gasteiger partial charge in [0.15, 0.2) is 34.7 Å². The number of nitrogens with zero attached hydrogens (tertiary/aromatic N) is 2. The van der Waals surface area contributed by atoms with Gasteiger partial charge < -0.3 is 15.9 Å². The number of fused-ring (bicyclic) bond motifs is 3. The van der Waals surface area contributed by atoms with E-state index in [0.29, 0.717) is 12.1 Å². The maximum Gasteiger partial charge on any atom is 0.235 e. The van der Waals surface area contributed by atoms with Crippen molar-refractivity contribution in [2.75, 3.05) is 27.2 Å². The number of amides is 1.